The van der Waals surface area contributed by atoms with Gasteiger partial charge in [-0.3, -0.25) is 4.90 Å². The van der Waals surface area contributed by atoms with E-state index < -0.39 is 0 Å². The summed E-state index contributed by atoms with van der Waals surface area (Å²) < 4.78 is 6.29. The summed E-state index contributed by atoms with van der Waals surface area (Å²) in [7, 11) is 4.26. The molecule has 2 atom stereocenters. The predicted molar refractivity (Wildman–Crippen MR) is 83.6 cm³/mol. The van der Waals surface area contributed by atoms with Gasteiger partial charge in [0.2, 0.25) is 0 Å². The van der Waals surface area contributed by atoms with E-state index in [2.05, 4.69) is 68.1 Å². The number of hydrogen-bond acceptors (Lipinski definition) is 3. The van der Waals surface area contributed by atoms with E-state index in [4.69, 9.17) is 4.74 Å². The standard InChI is InChI=1S/C17H28N2O/c1-14(2)17-19(12-8-11-18(3)4)13-16(20-17)15-9-6-5-7-10-15/h5-7,9-10,14,16-17H,8,11-13H2,1-4H3/t16-,17+/m1/s1. The van der Waals surface area contributed by atoms with E-state index in [1.807, 2.05) is 0 Å². The zero-order chi connectivity index (χ0) is 14.5. The molecule has 1 heterocycles. The van der Waals surface area contributed by atoms with E-state index in [1.54, 1.807) is 0 Å². The van der Waals surface area contributed by atoms with Crippen molar-refractivity contribution in [1.29, 1.82) is 0 Å². The highest BCUT2D eigenvalue weighted by Crippen LogP contribution is 2.32. The second kappa shape index (κ2) is 7.21. The van der Waals surface area contributed by atoms with E-state index in [-0.39, 0.29) is 12.3 Å². The first-order chi connectivity index (χ1) is 9.58. The highest BCUT2D eigenvalue weighted by molar-refractivity contribution is 5.18. The van der Waals surface area contributed by atoms with Crippen molar-refractivity contribution in [2.75, 3.05) is 33.7 Å². The van der Waals surface area contributed by atoms with Crippen LogP contribution in [0, 0.1) is 5.92 Å². The summed E-state index contributed by atoms with van der Waals surface area (Å²) in [5, 5.41) is 0. The molecule has 1 saturated heterocycles. The maximum Gasteiger partial charge on any atom is 0.113 e. The van der Waals surface area contributed by atoms with Gasteiger partial charge >= 0.3 is 0 Å². The summed E-state index contributed by atoms with van der Waals surface area (Å²) in [5.74, 6) is 0.531. The zero-order valence-electron chi connectivity index (χ0n) is 13.2. The van der Waals surface area contributed by atoms with Crippen molar-refractivity contribution in [2.24, 2.45) is 5.92 Å². The molecule has 0 radical (unpaired) electrons. The van der Waals surface area contributed by atoms with Gasteiger partial charge in [-0.15, -0.1) is 0 Å². The number of nitrogens with zero attached hydrogens (tertiary/aromatic N) is 2. The Morgan fingerprint density at radius 3 is 2.55 bits per heavy atom. The molecule has 1 aliphatic rings. The first-order valence-electron chi connectivity index (χ1n) is 7.67. The van der Waals surface area contributed by atoms with Gasteiger partial charge in [-0.05, 0) is 38.5 Å². The topological polar surface area (TPSA) is 15.7 Å². The third-order valence-electron chi connectivity index (χ3n) is 3.86. The van der Waals surface area contributed by atoms with Crippen LogP contribution in [0.5, 0.6) is 0 Å². The molecule has 112 valence electrons. The molecule has 3 heteroatoms. The lowest BCUT2D eigenvalue weighted by molar-refractivity contribution is -0.0315. The molecule has 0 N–H and O–H groups in total. The Morgan fingerprint density at radius 1 is 1.25 bits per heavy atom. The van der Waals surface area contributed by atoms with Gasteiger partial charge in [0.15, 0.2) is 0 Å². The third-order valence-corrected chi connectivity index (χ3v) is 3.86. The molecule has 2 rings (SSSR count). The zero-order valence-corrected chi connectivity index (χ0v) is 13.2. The van der Waals surface area contributed by atoms with Gasteiger partial charge < -0.3 is 9.64 Å². The quantitative estimate of drug-likeness (QED) is 0.794. The van der Waals surface area contributed by atoms with E-state index in [1.165, 1.54) is 12.0 Å². The molecular formula is C17H28N2O. The Kier molecular flexibility index (Phi) is 5.58. The SMILES string of the molecule is CC(C)[C@@H]1O[C@@H](c2ccccc2)CN1CCCN(C)C. The van der Waals surface area contributed by atoms with Gasteiger partial charge in [0, 0.05) is 13.1 Å². The van der Waals surface area contributed by atoms with Crippen LogP contribution in [0.4, 0.5) is 0 Å². The Bertz CT molecular complexity index is 391. The number of hydrogen-bond donors (Lipinski definition) is 0. The van der Waals surface area contributed by atoms with Crippen molar-refractivity contribution in [1.82, 2.24) is 9.80 Å². The van der Waals surface area contributed by atoms with Gasteiger partial charge in [0.25, 0.3) is 0 Å². The van der Waals surface area contributed by atoms with Gasteiger partial charge in [0.05, 0.1) is 6.10 Å². The van der Waals surface area contributed by atoms with E-state index in [9.17, 15) is 0 Å². The van der Waals surface area contributed by atoms with Crippen LogP contribution in [-0.2, 0) is 4.74 Å². The smallest absolute Gasteiger partial charge is 0.113 e. The van der Waals surface area contributed by atoms with Gasteiger partial charge in [-0.2, -0.15) is 0 Å². The molecule has 1 fully saturated rings. The van der Waals surface area contributed by atoms with Crippen LogP contribution in [0.15, 0.2) is 30.3 Å². The highest BCUT2D eigenvalue weighted by atomic mass is 16.5. The summed E-state index contributed by atoms with van der Waals surface area (Å²) in [4.78, 5) is 4.75. The van der Waals surface area contributed by atoms with Crippen molar-refractivity contribution in [3.63, 3.8) is 0 Å². The van der Waals surface area contributed by atoms with Crippen LogP contribution in [0.2, 0.25) is 0 Å². The Labute approximate surface area is 123 Å². The Balaban J connectivity index is 1.96. The molecule has 0 spiro atoms. The van der Waals surface area contributed by atoms with Crippen molar-refractivity contribution < 1.29 is 4.74 Å². The normalized spacial score (nSPS) is 23.9. The second-order valence-electron chi connectivity index (χ2n) is 6.32. The molecule has 20 heavy (non-hydrogen) atoms. The first kappa shape index (κ1) is 15.5. The van der Waals surface area contributed by atoms with Gasteiger partial charge in [-0.1, -0.05) is 44.2 Å². The summed E-state index contributed by atoms with van der Waals surface area (Å²) in [5.41, 5.74) is 1.30. The summed E-state index contributed by atoms with van der Waals surface area (Å²) in [6.45, 7) is 7.76. The monoisotopic (exact) mass is 276 g/mol. The number of rotatable bonds is 6. The summed E-state index contributed by atoms with van der Waals surface area (Å²) >= 11 is 0. The van der Waals surface area contributed by atoms with Crippen molar-refractivity contribution in [3.05, 3.63) is 35.9 Å². The largest absolute Gasteiger partial charge is 0.354 e. The summed E-state index contributed by atoms with van der Waals surface area (Å²) in [6, 6.07) is 10.6. The molecule has 0 unspecified atom stereocenters. The van der Waals surface area contributed by atoms with Crippen LogP contribution in [0.25, 0.3) is 0 Å². The molecule has 0 bridgehead atoms. The number of benzene rings is 1. The maximum absolute atomic E-state index is 6.29. The van der Waals surface area contributed by atoms with Crippen LogP contribution in [0.1, 0.15) is 31.9 Å². The van der Waals surface area contributed by atoms with Crippen LogP contribution in [0.3, 0.4) is 0 Å². The average Bonchev–Trinajstić information content (AvgIpc) is 2.84. The predicted octanol–water partition coefficient (Wildman–Crippen LogP) is 2.99. The first-order valence-corrected chi connectivity index (χ1v) is 7.67. The minimum absolute atomic E-state index is 0.225. The molecule has 1 aromatic rings. The highest BCUT2D eigenvalue weighted by Gasteiger charge is 2.34. The average molecular weight is 276 g/mol. The van der Waals surface area contributed by atoms with E-state index >= 15 is 0 Å². The fourth-order valence-electron chi connectivity index (χ4n) is 2.85. The molecule has 0 aromatic heterocycles. The maximum atomic E-state index is 6.29. The minimum Gasteiger partial charge on any atom is -0.354 e. The van der Waals surface area contributed by atoms with Crippen molar-refractivity contribution in [2.45, 2.75) is 32.6 Å². The Hall–Kier alpha value is -0.900. The van der Waals surface area contributed by atoms with E-state index in [0.717, 1.165) is 19.6 Å². The lowest BCUT2D eigenvalue weighted by Crippen LogP contribution is -2.36. The fraction of sp³-hybridized carbons (Fsp3) is 0.647. The van der Waals surface area contributed by atoms with E-state index in [0.29, 0.717) is 5.92 Å². The van der Waals surface area contributed by atoms with Crippen LogP contribution in [-0.4, -0.2) is 49.8 Å². The molecule has 0 amide bonds. The lowest BCUT2D eigenvalue weighted by atomic mass is 10.1. The molecule has 3 nitrogen and oxygen atoms in total. The third kappa shape index (κ3) is 4.05. The van der Waals surface area contributed by atoms with Gasteiger partial charge in [0.1, 0.15) is 6.23 Å². The fourth-order valence-corrected chi connectivity index (χ4v) is 2.85. The molecule has 1 aromatic carbocycles. The lowest BCUT2D eigenvalue weighted by Gasteiger charge is -2.26. The minimum atomic E-state index is 0.225. The second-order valence-corrected chi connectivity index (χ2v) is 6.32. The van der Waals surface area contributed by atoms with Crippen molar-refractivity contribution >= 4 is 0 Å². The number of ether oxygens (including phenoxy) is 1. The molecule has 1 aliphatic heterocycles. The van der Waals surface area contributed by atoms with Crippen LogP contribution < -0.4 is 0 Å². The summed E-state index contributed by atoms with van der Waals surface area (Å²) in [6.07, 6.45) is 1.67. The molecular weight excluding hydrogens is 248 g/mol. The van der Waals surface area contributed by atoms with Gasteiger partial charge in [-0.25, -0.2) is 0 Å². The van der Waals surface area contributed by atoms with Crippen molar-refractivity contribution in [3.8, 4) is 0 Å². The molecule has 0 aliphatic carbocycles. The molecule has 0 saturated carbocycles. The van der Waals surface area contributed by atoms with Crippen LogP contribution >= 0.6 is 0 Å². The Morgan fingerprint density at radius 2 is 1.95 bits per heavy atom.